The first-order chi connectivity index (χ1) is 8.33. The minimum absolute atomic E-state index is 0.483. The van der Waals surface area contributed by atoms with Crippen molar-refractivity contribution in [2.45, 2.75) is 82.8 Å². The predicted molar refractivity (Wildman–Crippen MR) is 77.7 cm³/mol. The molecule has 0 amide bonds. The maximum atomic E-state index is 11.7. The zero-order chi connectivity index (χ0) is 12.3. The number of carbonyl (C=O) groups excluding carboxylic acids is 1. The molecule has 1 aliphatic rings. The molecule has 1 nitrogen and oxygen atoms in total. The maximum Gasteiger partial charge on any atom is 0.142 e. The summed E-state index contributed by atoms with van der Waals surface area (Å²) in [6, 6.07) is 0. The molecule has 0 spiro atoms. The highest BCUT2D eigenvalue weighted by atomic mass is 32.2. The molecule has 1 saturated carbocycles. The lowest BCUT2D eigenvalue weighted by Gasteiger charge is -2.20. The van der Waals surface area contributed by atoms with Crippen LogP contribution in [0.15, 0.2) is 0 Å². The summed E-state index contributed by atoms with van der Waals surface area (Å²) in [4.78, 5) is 11.7. The van der Waals surface area contributed by atoms with Crippen molar-refractivity contribution in [3.63, 3.8) is 0 Å². The molecule has 0 bridgehead atoms. The zero-order valence-electron chi connectivity index (χ0n) is 11.4. The summed E-state index contributed by atoms with van der Waals surface area (Å²) in [6.45, 7) is 2.23. The Balaban J connectivity index is 1.93. The molecule has 0 radical (unpaired) electrons. The van der Waals surface area contributed by atoms with E-state index in [4.69, 9.17) is 0 Å². The Labute approximate surface area is 111 Å². The molecule has 1 aliphatic carbocycles. The van der Waals surface area contributed by atoms with E-state index < -0.39 is 0 Å². The van der Waals surface area contributed by atoms with E-state index in [0.29, 0.717) is 5.78 Å². The van der Waals surface area contributed by atoms with Crippen LogP contribution in [0.3, 0.4) is 0 Å². The summed E-state index contributed by atoms with van der Waals surface area (Å²) in [5.41, 5.74) is 0. The van der Waals surface area contributed by atoms with Crippen molar-refractivity contribution < 1.29 is 4.79 Å². The second-order valence-electron chi connectivity index (χ2n) is 5.27. The molecule has 0 aromatic heterocycles. The number of thioether (sulfide) groups is 1. The van der Waals surface area contributed by atoms with Crippen LogP contribution in [0.4, 0.5) is 0 Å². The second-order valence-corrected chi connectivity index (χ2v) is 6.56. The van der Waals surface area contributed by atoms with Gasteiger partial charge in [0.2, 0.25) is 0 Å². The van der Waals surface area contributed by atoms with Crippen molar-refractivity contribution in [3.8, 4) is 0 Å². The average Bonchev–Trinajstić information content (AvgIpc) is 2.37. The van der Waals surface area contributed by atoms with Crippen molar-refractivity contribution in [3.05, 3.63) is 0 Å². The third-order valence-electron chi connectivity index (χ3n) is 3.59. The Kier molecular flexibility index (Phi) is 8.86. The normalized spacial score (nSPS) is 17.2. The largest absolute Gasteiger partial charge is 0.299 e. The van der Waals surface area contributed by atoms with E-state index in [2.05, 4.69) is 6.92 Å². The molecule has 0 aromatic carbocycles. The van der Waals surface area contributed by atoms with E-state index in [0.717, 1.165) is 23.8 Å². The van der Waals surface area contributed by atoms with Gasteiger partial charge in [0.1, 0.15) is 5.78 Å². The van der Waals surface area contributed by atoms with Gasteiger partial charge in [-0.05, 0) is 19.3 Å². The average molecular weight is 256 g/mol. The molecular formula is C15H28OS. The van der Waals surface area contributed by atoms with Gasteiger partial charge in [-0.15, -0.1) is 0 Å². The topological polar surface area (TPSA) is 17.1 Å². The van der Waals surface area contributed by atoms with Gasteiger partial charge in [-0.1, -0.05) is 51.9 Å². The molecule has 100 valence electrons. The molecule has 0 N–H and O–H groups in total. The maximum absolute atomic E-state index is 11.7. The lowest BCUT2D eigenvalue weighted by molar-refractivity contribution is -0.116. The van der Waals surface area contributed by atoms with Gasteiger partial charge < -0.3 is 0 Å². The van der Waals surface area contributed by atoms with Gasteiger partial charge in [0.15, 0.2) is 0 Å². The summed E-state index contributed by atoms with van der Waals surface area (Å²) in [7, 11) is 0. The minimum Gasteiger partial charge on any atom is -0.299 e. The van der Waals surface area contributed by atoms with Crippen LogP contribution in [0, 0.1) is 0 Å². The fourth-order valence-corrected chi connectivity index (χ4v) is 3.67. The molecule has 1 fully saturated rings. The van der Waals surface area contributed by atoms with Crippen LogP contribution in [0.2, 0.25) is 0 Å². The van der Waals surface area contributed by atoms with Crippen LogP contribution in [0.1, 0.15) is 77.6 Å². The molecule has 0 heterocycles. The fraction of sp³-hybridized carbons (Fsp3) is 0.933. The van der Waals surface area contributed by atoms with Crippen molar-refractivity contribution in [2.75, 3.05) is 5.75 Å². The zero-order valence-corrected chi connectivity index (χ0v) is 12.2. The third kappa shape index (κ3) is 7.86. The lowest BCUT2D eigenvalue weighted by Crippen LogP contribution is -2.12. The van der Waals surface area contributed by atoms with Crippen LogP contribution in [0.5, 0.6) is 0 Å². The SMILES string of the molecule is CCCCCCCC(=O)CSC1CCCCC1. The summed E-state index contributed by atoms with van der Waals surface area (Å²) in [6.07, 6.45) is 13.9. The predicted octanol–water partition coefficient (Wildman–Crippen LogP) is 4.98. The van der Waals surface area contributed by atoms with Crippen molar-refractivity contribution in [1.82, 2.24) is 0 Å². The standard InChI is InChI=1S/C15H28OS/c1-2-3-4-5-7-10-14(16)13-17-15-11-8-6-9-12-15/h15H,2-13H2,1H3. The fourth-order valence-electron chi connectivity index (χ4n) is 2.44. The summed E-state index contributed by atoms with van der Waals surface area (Å²) in [5.74, 6) is 1.26. The van der Waals surface area contributed by atoms with Crippen LogP contribution >= 0.6 is 11.8 Å². The number of unbranched alkanes of at least 4 members (excludes halogenated alkanes) is 4. The van der Waals surface area contributed by atoms with E-state index in [-0.39, 0.29) is 0 Å². The Bertz CT molecular complexity index is 197. The van der Waals surface area contributed by atoms with E-state index in [1.54, 1.807) is 0 Å². The van der Waals surface area contributed by atoms with Crippen LogP contribution in [0.25, 0.3) is 0 Å². The van der Waals surface area contributed by atoms with Gasteiger partial charge in [-0.25, -0.2) is 0 Å². The highest BCUT2D eigenvalue weighted by Crippen LogP contribution is 2.28. The molecule has 17 heavy (non-hydrogen) atoms. The number of Topliss-reactive ketones (excluding diaryl/α,β-unsaturated/α-hetero) is 1. The lowest BCUT2D eigenvalue weighted by atomic mass is 10.0. The first kappa shape index (κ1) is 15.1. The summed E-state index contributed by atoms with van der Waals surface area (Å²) >= 11 is 1.92. The minimum atomic E-state index is 0.483. The van der Waals surface area contributed by atoms with Crippen LogP contribution < -0.4 is 0 Å². The van der Waals surface area contributed by atoms with Crippen molar-refractivity contribution >= 4 is 17.5 Å². The van der Waals surface area contributed by atoms with E-state index >= 15 is 0 Å². The summed E-state index contributed by atoms with van der Waals surface area (Å²) < 4.78 is 0. The van der Waals surface area contributed by atoms with Gasteiger partial charge in [-0.3, -0.25) is 4.79 Å². The molecular weight excluding hydrogens is 228 g/mol. The van der Waals surface area contributed by atoms with E-state index in [9.17, 15) is 4.79 Å². The van der Waals surface area contributed by atoms with E-state index in [1.165, 1.54) is 57.8 Å². The molecule has 1 rings (SSSR count). The van der Waals surface area contributed by atoms with Crippen molar-refractivity contribution in [2.24, 2.45) is 0 Å². The molecule has 0 unspecified atom stereocenters. The highest BCUT2D eigenvalue weighted by Gasteiger charge is 2.14. The Hall–Kier alpha value is 0.0200. The second kappa shape index (κ2) is 9.99. The summed E-state index contributed by atoms with van der Waals surface area (Å²) in [5, 5.41) is 0.785. The molecule has 0 aromatic rings. The number of rotatable bonds is 9. The first-order valence-electron chi connectivity index (χ1n) is 7.46. The van der Waals surface area contributed by atoms with Gasteiger partial charge in [0.05, 0.1) is 5.75 Å². The molecule has 0 aliphatic heterocycles. The number of hydrogen-bond acceptors (Lipinski definition) is 2. The Morgan fingerprint density at radius 1 is 1.06 bits per heavy atom. The van der Waals surface area contributed by atoms with Crippen LogP contribution in [-0.2, 0) is 4.79 Å². The smallest absolute Gasteiger partial charge is 0.142 e. The van der Waals surface area contributed by atoms with E-state index in [1.807, 2.05) is 11.8 Å². The Morgan fingerprint density at radius 3 is 2.47 bits per heavy atom. The van der Waals surface area contributed by atoms with Crippen LogP contribution in [-0.4, -0.2) is 16.8 Å². The van der Waals surface area contributed by atoms with Gasteiger partial charge in [0, 0.05) is 11.7 Å². The third-order valence-corrected chi connectivity index (χ3v) is 5.02. The number of carbonyl (C=O) groups is 1. The number of hydrogen-bond donors (Lipinski definition) is 0. The van der Waals surface area contributed by atoms with Gasteiger partial charge in [0.25, 0.3) is 0 Å². The highest BCUT2D eigenvalue weighted by molar-refractivity contribution is 8.00. The van der Waals surface area contributed by atoms with Crippen molar-refractivity contribution in [1.29, 1.82) is 0 Å². The first-order valence-corrected chi connectivity index (χ1v) is 8.51. The van der Waals surface area contributed by atoms with Gasteiger partial charge >= 0.3 is 0 Å². The monoisotopic (exact) mass is 256 g/mol. The van der Waals surface area contributed by atoms with Gasteiger partial charge in [-0.2, -0.15) is 11.8 Å². The Morgan fingerprint density at radius 2 is 1.76 bits per heavy atom. The molecule has 2 heteroatoms. The molecule has 0 saturated heterocycles. The quantitative estimate of drug-likeness (QED) is 0.541. The number of ketones is 1. The molecule has 0 atom stereocenters.